The predicted octanol–water partition coefficient (Wildman–Crippen LogP) is 1.76. The quantitative estimate of drug-likeness (QED) is 0.662. The van der Waals surface area contributed by atoms with Gasteiger partial charge in [-0.05, 0) is 19.3 Å². The number of rotatable bonds is 5. The SMILES string of the molecule is CCC(C)C(O)CCC(C)=O. The number of hydrogen-bond acceptors (Lipinski definition) is 2. The van der Waals surface area contributed by atoms with Crippen molar-refractivity contribution in [2.45, 2.75) is 46.1 Å². The number of ketones is 1. The molecule has 11 heavy (non-hydrogen) atoms. The summed E-state index contributed by atoms with van der Waals surface area (Å²) >= 11 is 0. The zero-order chi connectivity index (χ0) is 8.85. The van der Waals surface area contributed by atoms with Crippen LogP contribution in [0.3, 0.4) is 0 Å². The molecule has 0 aliphatic carbocycles. The van der Waals surface area contributed by atoms with Crippen molar-refractivity contribution < 1.29 is 9.90 Å². The van der Waals surface area contributed by atoms with Gasteiger partial charge in [0, 0.05) is 6.42 Å². The molecule has 0 heterocycles. The van der Waals surface area contributed by atoms with Crippen LogP contribution in [-0.2, 0) is 4.79 Å². The molecule has 0 bridgehead atoms. The fourth-order valence-electron chi connectivity index (χ4n) is 0.908. The third-order valence-electron chi connectivity index (χ3n) is 2.09. The van der Waals surface area contributed by atoms with E-state index in [1.54, 1.807) is 6.92 Å². The fourth-order valence-corrected chi connectivity index (χ4v) is 0.908. The molecule has 0 radical (unpaired) electrons. The second kappa shape index (κ2) is 5.30. The lowest BCUT2D eigenvalue weighted by Crippen LogP contribution is -2.17. The molecule has 2 nitrogen and oxygen atoms in total. The Morgan fingerprint density at radius 3 is 2.45 bits per heavy atom. The highest BCUT2D eigenvalue weighted by molar-refractivity contribution is 5.75. The van der Waals surface area contributed by atoms with Crippen LogP contribution in [0.15, 0.2) is 0 Å². The number of Topliss-reactive ketones (excluding diaryl/α,β-unsaturated/α-hetero) is 1. The Kier molecular flexibility index (Phi) is 5.12. The average Bonchev–Trinajstić information content (AvgIpc) is 1.98. The van der Waals surface area contributed by atoms with Gasteiger partial charge in [0.15, 0.2) is 0 Å². The number of carbonyl (C=O) groups is 1. The predicted molar refractivity (Wildman–Crippen MR) is 45.4 cm³/mol. The monoisotopic (exact) mass is 158 g/mol. The summed E-state index contributed by atoms with van der Waals surface area (Å²) in [5.41, 5.74) is 0. The van der Waals surface area contributed by atoms with Gasteiger partial charge in [0.1, 0.15) is 5.78 Å². The van der Waals surface area contributed by atoms with Crippen LogP contribution < -0.4 is 0 Å². The molecule has 0 aromatic carbocycles. The molecule has 0 saturated heterocycles. The molecule has 0 fully saturated rings. The number of aliphatic hydroxyl groups excluding tert-OH is 1. The molecule has 0 amide bonds. The van der Waals surface area contributed by atoms with Crippen molar-refractivity contribution in [2.75, 3.05) is 0 Å². The van der Waals surface area contributed by atoms with Gasteiger partial charge in [-0.1, -0.05) is 20.3 Å². The molecule has 1 N–H and O–H groups in total. The smallest absolute Gasteiger partial charge is 0.129 e. The van der Waals surface area contributed by atoms with Crippen LogP contribution in [0.2, 0.25) is 0 Å². The van der Waals surface area contributed by atoms with Crippen molar-refractivity contribution in [1.82, 2.24) is 0 Å². The lowest BCUT2D eigenvalue weighted by Gasteiger charge is -2.15. The molecule has 2 atom stereocenters. The molecule has 0 spiro atoms. The summed E-state index contributed by atoms with van der Waals surface area (Å²) in [4.78, 5) is 10.5. The van der Waals surface area contributed by atoms with E-state index in [-0.39, 0.29) is 11.9 Å². The van der Waals surface area contributed by atoms with Crippen molar-refractivity contribution in [2.24, 2.45) is 5.92 Å². The number of aliphatic hydroxyl groups is 1. The first-order valence-corrected chi connectivity index (χ1v) is 4.25. The number of hydrogen-bond donors (Lipinski definition) is 1. The maximum absolute atomic E-state index is 10.5. The minimum absolute atomic E-state index is 0.160. The normalized spacial score (nSPS) is 16.0. The van der Waals surface area contributed by atoms with Gasteiger partial charge in [0.25, 0.3) is 0 Å². The van der Waals surface area contributed by atoms with E-state index in [2.05, 4.69) is 0 Å². The highest BCUT2D eigenvalue weighted by Gasteiger charge is 2.11. The highest BCUT2D eigenvalue weighted by Crippen LogP contribution is 2.12. The Morgan fingerprint density at radius 2 is 2.09 bits per heavy atom. The second-order valence-electron chi connectivity index (χ2n) is 3.19. The zero-order valence-electron chi connectivity index (χ0n) is 7.63. The fraction of sp³-hybridized carbons (Fsp3) is 0.889. The molecule has 0 aliphatic heterocycles. The Balaban J connectivity index is 3.51. The molecule has 0 aromatic heterocycles. The minimum atomic E-state index is -0.302. The van der Waals surface area contributed by atoms with Crippen LogP contribution in [0.1, 0.15) is 40.0 Å². The molecular formula is C9H18O2. The lowest BCUT2D eigenvalue weighted by atomic mass is 9.97. The molecule has 2 heteroatoms. The Hall–Kier alpha value is -0.370. The lowest BCUT2D eigenvalue weighted by molar-refractivity contribution is -0.117. The van der Waals surface area contributed by atoms with Crippen molar-refractivity contribution in [3.63, 3.8) is 0 Å². The van der Waals surface area contributed by atoms with Gasteiger partial charge in [-0.3, -0.25) is 0 Å². The summed E-state index contributed by atoms with van der Waals surface area (Å²) < 4.78 is 0. The molecule has 2 unspecified atom stereocenters. The van der Waals surface area contributed by atoms with Crippen LogP contribution in [0.25, 0.3) is 0 Å². The van der Waals surface area contributed by atoms with Crippen molar-refractivity contribution in [1.29, 1.82) is 0 Å². The van der Waals surface area contributed by atoms with Crippen LogP contribution in [0.4, 0.5) is 0 Å². The first-order chi connectivity index (χ1) is 5.07. The molecule has 66 valence electrons. The molecular weight excluding hydrogens is 140 g/mol. The highest BCUT2D eigenvalue weighted by atomic mass is 16.3. The first-order valence-electron chi connectivity index (χ1n) is 4.25. The summed E-state index contributed by atoms with van der Waals surface area (Å²) in [6.45, 7) is 5.61. The maximum Gasteiger partial charge on any atom is 0.129 e. The van der Waals surface area contributed by atoms with Crippen LogP contribution >= 0.6 is 0 Å². The molecule has 0 aromatic rings. The summed E-state index contributed by atoms with van der Waals surface area (Å²) in [6, 6.07) is 0. The summed E-state index contributed by atoms with van der Waals surface area (Å²) in [7, 11) is 0. The average molecular weight is 158 g/mol. The van der Waals surface area contributed by atoms with Gasteiger partial charge >= 0.3 is 0 Å². The number of carbonyl (C=O) groups excluding carboxylic acids is 1. The van der Waals surface area contributed by atoms with Crippen LogP contribution in [0, 0.1) is 5.92 Å². The van der Waals surface area contributed by atoms with Gasteiger partial charge in [0.2, 0.25) is 0 Å². The Labute approximate surface area is 68.6 Å². The largest absolute Gasteiger partial charge is 0.393 e. The van der Waals surface area contributed by atoms with E-state index >= 15 is 0 Å². The van der Waals surface area contributed by atoms with E-state index in [0.29, 0.717) is 18.8 Å². The minimum Gasteiger partial charge on any atom is -0.393 e. The second-order valence-corrected chi connectivity index (χ2v) is 3.19. The van der Waals surface area contributed by atoms with Gasteiger partial charge in [-0.25, -0.2) is 0 Å². The van der Waals surface area contributed by atoms with Crippen LogP contribution in [-0.4, -0.2) is 17.0 Å². The van der Waals surface area contributed by atoms with Crippen LogP contribution in [0.5, 0.6) is 0 Å². The van der Waals surface area contributed by atoms with Gasteiger partial charge < -0.3 is 9.90 Å². The Bertz CT molecular complexity index is 121. The molecule has 0 rings (SSSR count). The topological polar surface area (TPSA) is 37.3 Å². The van der Waals surface area contributed by atoms with Gasteiger partial charge in [0.05, 0.1) is 6.10 Å². The van der Waals surface area contributed by atoms with Crippen molar-refractivity contribution >= 4 is 5.78 Å². The van der Waals surface area contributed by atoms with E-state index in [0.717, 1.165) is 6.42 Å². The van der Waals surface area contributed by atoms with Crippen molar-refractivity contribution in [3.8, 4) is 0 Å². The summed E-state index contributed by atoms with van der Waals surface area (Å²) in [5.74, 6) is 0.474. The van der Waals surface area contributed by atoms with E-state index in [1.165, 1.54) is 0 Å². The van der Waals surface area contributed by atoms with Crippen molar-refractivity contribution in [3.05, 3.63) is 0 Å². The molecule has 0 aliphatic rings. The molecule has 0 saturated carbocycles. The van der Waals surface area contributed by atoms with E-state index in [4.69, 9.17) is 0 Å². The van der Waals surface area contributed by atoms with Gasteiger partial charge in [-0.2, -0.15) is 0 Å². The maximum atomic E-state index is 10.5. The first kappa shape index (κ1) is 10.6. The summed E-state index contributed by atoms with van der Waals surface area (Å²) in [6.07, 6.45) is 1.79. The third kappa shape index (κ3) is 4.96. The third-order valence-corrected chi connectivity index (χ3v) is 2.09. The van der Waals surface area contributed by atoms with E-state index in [1.807, 2.05) is 13.8 Å². The zero-order valence-corrected chi connectivity index (χ0v) is 7.63. The Morgan fingerprint density at radius 1 is 1.55 bits per heavy atom. The van der Waals surface area contributed by atoms with E-state index in [9.17, 15) is 9.90 Å². The van der Waals surface area contributed by atoms with Gasteiger partial charge in [-0.15, -0.1) is 0 Å². The summed E-state index contributed by atoms with van der Waals surface area (Å²) in [5, 5.41) is 9.41. The standard InChI is InChI=1S/C9H18O2/c1-4-7(2)9(11)6-5-8(3)10/h7,9,11H,4-6H2,1-3H3. The van der Waals surface area contributed by atoms with E-state index < -0.39 is 0 Å².